The lowest BCUT2D eigenvalue weighted by Gasteiger charge is -2.55. The largest absolute Gasteiger partial charge is 0.330 e. The highest BCUT2D eigenvalue weighted by molar-refractivity contribution is 7.15. The Morgan fingerprint density at radius 3 is 2.28 bits per heavy atom. The van der Waals surface area contributed by atoms with Crippen LogP contribution in [-0.4, -0.2) is 16.5 Å². The van der Waals surface area contributed by atoms with Crippen LogP contribution in [0, 0.1) is 18.3 Å². The Balaban J connectivity index is 0.00000180. The third-order valence-corrected chi connectivity index (χ3v) is 12.3. The van der Waals surface area contributed by atoms with Crippen molar-refractivity contribution in [2.24, 2.45) is 11.3 Å². The Morgan fingerprint density at radius 2 is 1.67 bits per heavy atom. The van der Waals surface area contributed by atoms with Gasteiger partial charge in [-0.3, -0.25) is 0 Å². The lowest BCUT2D eigenvalue weighted by molar-refractivity contribution is 0.0459. The number of allylic oxidation sites excluding steroid dienone is 1. The minimum absolute atomic E-state index is 0.352. The fourth-order valence-electron chi connectivity index (χ4n) is 8.08. The fourth-order valence-corrected chi connectivity index (χ4v) is 9.00. The first kappa shape index (κ1) is 31.9. The highest BCUT2D eigenvalue weighted by Crippen LogP contribution is 2.58. The molecule has 4 aliphatic carbocycles. The number of hydrogen-bond acceptors (Lipinski definition) is 4. The maximum atomic E-state index is 5.00. The van der Waals surface area contributed by atoms with E-state index in [1.54, 1.807) is 5.56 Å². The van der Waals surface area contributed by atoms with Crippen LogP contribution in [0.4, 0.5) is 5.82 Å². The molecule has 232 valence electrons. The second-order valence-electron chi connectivity index (χ2n) is 13.8. The molecular formula is C39H55N3S. The van der Waals surface area contributed by atoms with Crippen LogP contribution in [0.5, 0.6) is 0 Å². The van der Waals surface area contributed by atoms with Crippen LogP contribution >= 0.6 is 11.3 Å². The van der Waals surface area contributed by atoms with Gasteiger partial charge in [0, 0.05) is 30.6 Å². The van der Waals surface area contributed by atoms with Crippen molar-refractivity contribution in [1.29, 1.82) is 0 Å². The Bertz CT molecular complexity index is 1350. The maximum Gasteiger partial charge on any atom is 0.133 e. The minimum atomic E-state index is 0.352. The molecule has 4 heteroatoms. The van der Waals surface area contributed by atoms with Crippen molar-refractivity contribution in [1.82, 2.24) is 9.97 Å². The first-order chi connectivity index (χ1) is 20.8. The predicted molar refractivity (Wildman–Crippen MR) is 186 cm³/mol. The lowest BCUT2D eigenvalue weighted by atomic mass is 9.51. The smallest absolute Gasteiger partial charge is 0.133 e. The normalized spacial score (nSPS) is 23.6. The molecule has 2 bridgehead atoms. The van der Waals surface area contributed by atoms with E-state index in [0.717, 1.165) is 18.8 Å². The van der Waals surface area contributed by atoms with E-state index in [4.69, 9.17) is 16.5 Å². The van der Waals surface area contributed by atoms with E-state index >= 15 is 0 Å². The van der Waals surface area contributed by atoms with Crippen molar-refractivity contribution in [3.05, 3.63) is 76.7 Å². The second-order valence-corrected chi connectivity index (χ2v) is 14.9. The number of benzene rings is 1. The molecule has 43 heavy (non-hydrogen) atoms. The van der Waals surface area contributed by atoms with Gasteiger partial charge < -0.3 is 4.90 Å². The first-order valence-electron chi connectivity index (χ1n) is 17.3. The van der Waals surface area contributed by atoms with Crippen molar-refractivity contribution in [3.8, 4) is 10.4 Å². The van der Waals surface area contributed by atoms with E-state index in [1.165, 1.54) is 103 Å². The average Bonchev–Trinajstić information content (AvgIpc) is 3.57. The first-order valence-corrected chi connectivity index (χ1v) is 18.1. The molecule has 3 nitrogen and oxygen atoms in total. The molecule has 7 rings (SSSR count). The Kier molecular flexibility index (Phi) is 10.2. The molecule has 0 unspecified atom stereocenters. The molecule has 0 amide bonds. The van der Waals surface area contributed by atoms with Crippen molar-refractivity contribution < 1.29 is 0 Å². The summed E-state index contributed by atoms with van der Waals surface area (Å²) in [5.41, 5.74) is 7.84. The number of pyridine rings is 1. The minimum Gasteiger partial charge on any atom is -0.330 e. The summed E-state index contributed by atoms with van der Waals surface area (Å²) in [4.78, 5) is 13.5. The zero-order valence-corrected chi connectivity index (χ0v) is 28.7. The highest BCUT2D eigenvalue weighted by atomic mass is 32.1. The van der Waals surface area contributed by atoms with E-state index in [-0.39, 0.29) is 0 Å². The Morgan fingerprint density at radius 1 is 0.977 bits per heavy atom. The van der Waals surface area contributed by atoms with E-state index < -0.39 is 0 Å². The van der Waals surface area contributed by atoms with Gasteiger partial charge in [-0.05, 0) is 116 Å². The van der Waals surface area contributed by atoms with Gasteiger partial charge in [0.15, 0.2) is 0 Å². The topological polar surface area (TPSA) is 29.0 Å². The van der Waals surface area contributed by atoms with Crippen molar-refractivity contribution in [3.63, 3.8) is 0 Å². The van der Waals surface area contributed by atoms with Crippen LogP contribution in [0.25, 0.3) is 10.4 Å². The molecule has 4 fully saturated rings. The van der Waals surface area contributed by atoms with Gasteiger partial charge in [0.2, 0.25) is 0 Å². The predicted octanol–water partition coefficient (Wildman–Crippen LogP) is 11.4. The Labute approximate surface area is 266 Å². The van der Waals surface area contributed by atoms with Gasteiger partial charge in [-0.15, -0.1) is 11.3 Å². The summed E-state index contributed by atoms with van der Waals surface area (Å²) in [5.74, 6) is 2.11. The zero-order valence-electron chi connectivity index (χ0n) is 27.8. The summed E-state index contributed by atoms with van der Waals surface area (Å²) < 4.78 is 0. The van der Waals surface area contributed by atoms with Gasteiger partial charge in [0.05, 0.1) is 9.88 Å². The number of thiazole rings is 1. The van der Waals surface area contributed by atoms with Crippen molar-refractivity contribution >= 4 is 17.2 Å². The van der Waals surface area contributed by atoms with Gasteiger partial charge in [-0.2, -0.15) is 0 Å². The van der Waals surface area contributed by atoms with Gasteiger partial charge in [-0.1, -0.05) is 78.7 Å². The molecule has 0 N–H and O–H groups in total. The van der Waals surface area contributed by atoms with E-state index in [9.17, 15) is 0 Å². The van der Waals surface area contributed by atoms with Crippen molar-refractivity contribution in [2.45, 2.75) is 130 Å². The third-order valence-electron chi connectivity index (χ3n) is 11.0. The monoisotopic (exact) mass is 597 g/mol. The van der Waals surface area contributed by atoms with Crippen LogP contribution < -0.4 is 4.90 Å². The third kappa shape index (κ3) is 6.65. The number of fused-ring (bicyclic) bond motifs is 3. The van der Waals surface area contributed by atoms with E-state index in [1.807, 2.05) is 31.4 Å². The molecule has 0 spiro atoms. The van der Waals surface area contributed by atoms with Gasteiger partial charge in [-0.25, -0.2) is 9.97 Å². The van der Waals surface area contributed by atoms with E-state index in [0.29, 0.717) is 22.7 Å². The molecule has 4 saturated carbocycles. The molecule has 2 aromatic heterocycles. The molecule has 0 saturated heterocycles. The number of aryl methyl sites for hydroxylation is 2. The SMILES string of the molecule is C=C(C1CCCCC1)N(CC12CCC(c3ccc(CC)c(C)c3)(CC1)CC2)c1cc(-c2cnc(C(C)C)s2)ccn1.CC. The summed E-state index contributed by atoms with van der Waals surface area (Å²) >= 11 is 1.82. The maximum absolute atomic E-state index is 5.00. The molecule has 1 aromatic carbocycles. The van der Waals surface area contributed by atoms with E-state index in [2.05, 4.69) is 69.1 Å². The highest BCUT2D eigenvalue weighted by Gasteiger charge is 2.50. The van der Waals surface area contributed by atoms with Gasteiger partial charge >= 0.3 is 0 Å². The van der Waals surface area contributed by atoms with Crippen LogP contribution in [0.3, 0.4) is 0 Å². The molecular weight excluding hydrogens is 543 g/mol. The molecule has 0 radical (unpaired) electrons. The summed E-state index contributed by atoms with van der Waals surface area (Å²) in [7, 11) is 0. The quantitative estimate of drug-likeness (QED) is 0.246. The summed E-state index contributed by atoms with van der Waals surface area (Å²) in [6.07, 6.45) is 19.6. The van der Waals surface area contributed by atoms with Crippen LogP contribution in [0.1, 0.15) is 133 Å². The number of rotatable bonds is 9. The number of anilines is 1. The number of hydrogen-bond donors (Lipinski definition) is 0. The number of aromatic nitrogens is 2. The molecule has 3 aromatic rings. The second kappa shape index (κ2) is 13.7. The standard InChI is InChI=1S/C37H49N3S.C2H6/c1-6-29-12-13-32(22-27(29)4)37-18-15-36(16-19-37,17-20-37)25-40(28(5)30-10-8-7-9-11-30)34-23-31(14-21-38-34)33-24-39-35(41-33)26(2)3;1-2/h12-14,21-24,26,30H,5-11,15-20,25H2,1-4H3;1-2H3. The van der Waals surface area contributed by atoms with Crippen LogP contribution in [0.15, 0.2) is 55.0 Å². The van der Waals surface area contributed by atoms with Crippen LogP contribution in [0.2, 0.25) is 0 Å². The molecule has 0 aliphatic heterocycles. The molecule has 0 atom stereocenters. The van der Waals surface area contributed by atoms with Crippen molar-refractivity contribution in [2.75, 3.05) is 11.4 Å². The Hall–Kier alpha value is -2.46. The average molecular weight is 598 g/mol. The summed E-state index contributed by atoms with van der Waals surface area (Å²) in [5, 5.41) is 1.20. The molecule has 2 heterocycles. The fraction of sp³-hybridized carbons (Fsp3) is 0.590. The number of nitrogens with zero attached hydrogens (tertiary/aromatic N) is 3. The van der Waals surface area contributed by atoms with Crippen LogP contribution in [-0.2, 0) is 11.8 Å². The zero-order chi connectivity index (χ0) is 30.6. The lowest BCUT2D eigenvalue weighted by Crippen LogP contribution is -2.49. The van der Waals surface area contributed by atoms with Gasteiger partial charge in [0.25, 0.3) is 0 Å². The molecule has 4 aliphatic rings. The summed E-state index contributed by atoms with van der Waals surface area (Å²) in [6, 6.07) is 11.9. The summed E-state index contributed by atoms with van der Waals surface area (Å²) in [6.45, 7) is 18.9. The van der Waals surface area contributed by atoms with Gasteiger partial charge in [0.1, 0.15) is 5.82 Å².